The number of hydrogen-bond donors (Lipinski definition) is 2. The molecule has 0 bridgehead atoms. The van der Waals surface area contributed by atoms with Gasteiger partial charge in [0.05, 0.1) is 0 Å². The predicted molar refractivity (Wildman–Crippen MR) is 72.4 cm³/mol. The van der Waals surface area contributed by atoms with Crippen LogP contribution in [0.5, 0.6) is 0 Å². The van der Waals surface area contributed by atoms with E-state index in [9.17, 15) is 4.79 Å². The summed E-state index contributed by atoms with van der Waals surface area (Å²) >= 11 is 0. The van der Waals surface area contributed by atoms with E-state index < -0.39 is 0 Å². The van der Waals surface area contributed by atoms with Gasteiger partial charge in [-0.05, 0) is 24.0 Å². The molecule has 1 rings (SSSR count). The fourth-order valence-corrected chi connectivity index (χ4v) is 1.73. The van der Waals surface area contributed by atoms with Crippen LogP contribution in [0.1, 0.15) is 25.0 Å². The molecule has 0 unspecified atom stereocenters. The minimum Gasteiger partial charge on any atom is -0.334 e. The van der Waals surface area contributed by atoms with Crippen molar-refractivity contribution >= 4 is 11.7 Å². The fourth-order valence-electron chi connectivity index (χ4n) is 1.73. The SMILES string of the molecule is C=CCNC(=O)Nc1c(CC)cccc1CC. The van der Waals surface area contributed by atoms with E-state index in [-0.39, 0.29) is 6.03 Å². The number of hydrogen-bond acceptors (Lipinski definition) is 1. The highest BCUT2D eigenvalue weighted by atomic mass is 16.2. The molecule has 0 saturated heterocycles. The van der Waals surface area contributed by atoms with Gasteiger partial charge in [-0.25, -0.2) is 4.79 Å². The monoisotopic (exact) mass is 232 g/mol. The van der Waals surface area contributed by atoms with Crippen molar-refractivity contribution in [3.8, 4) is 0 Å². The highest BCUT2D eigenvalue weighted by Crippen LogP contribution is 2.22. The Balaban J connectivity index is 2.87. The second-order valence-electron chi connectivity index (χ2n) is 3.78. The molecule has 0 aliphatic rings. The lowest BCUT2D eigenvalue weighted by Gasteiger charge is -2.14. The van der Waals surface area contributed by atoms with Crippen LogP contribution in [0.25, 0.3) is 0 Å². The number of nitrogens with one attached hydrogen (secondary N) is 2. The van der Waals surface area contributed by atoms with E-state index in [1.807, 2.05) is 18.2 Å². The molecule has 0 aliphatic carbocycles. The summed E-state index contributed by atoms with van der Waals surface area (Å²) in [4.78, 5) is 11.6. The Morgan fingerprint density at radius 3 is 2.35 bits per heavy atom. The van der Waals surface area contributed by atoms with E-state index >= 15 is 0 Å². The normalized spacial score (nSPS) is 9.76. The average molecular weight is 232 g/mol. The molecule has 2 amide bonds. The number of rotatable bonds is 5. The maximum Gasteiger partial charge on any atom is 0.319 e. The second kappa shape index (κ2) is 6.74. The van der Waals surface area contributed by atoms with Gasteiger partial charge in [-0.1, -0.05) is 38.1 Å². The van der Waals surface area contributed by atoms with E-state index in [4.69, 9.17) is 0 Å². The highest BCUT2D eigenvalue weighted by molar-refractivity contribution is 5.91. The molecule has 0 fully saturated rings. The van der Waals surface area contributed by atoms with Crippen molar-refractivity contribution in [1.29, 1.82) is 0 Å². The first-order valence-electron chi connectivity index (χ1n) is 5.99. The molecule has 0 aliphatic heterocycles. The van der Waals surface area contributed by atoms with Crippen LogP contribution in [0, 0.1) is 0 Å². The van der Waals surface area contributed by atoms with Crippen LogP contribution in [0.2, 0.25) is 0 Å². The van der Waals surface area contributed by atoms with Crippen LogP contribution in [-0.4, -0.2) is 12.6 Å². The molecule has 2 N–H and O–H groups in total. The van der Waals surface area contributed by atoms with Gasteiger partial charge in [0.2, 0.25) is 0 Å². The Kier molecular flexibility index (Phi) is 5.27. The van der Waals surface area contributed by atoms with Crippen molar-refractivity contribution in [3.05, 3.63) is 42.0 Å². The van der Waals surface area contributed by atoms with Crippen LogP contribution in [-0.2, 0) is 12.8 Å². The molecule has 1 aromatic rings. The molecule has 3 heteroatoms. The van der Waals surface area contributed by atoms with Crippen molar-refractivity contribution < 1.29 is 4.79 Å². The largest absolute Gasteiger partial charge is 0.334 e. The quantitative estimate of drug-likeness (QED) is 0.752. The first-order chi connectivity index (χ1) is 8.22. The van der Waals surface area contributed by atoms with Crippen molar-refractivity contribution in [3.63, 3.8) is 0 Å². The summed E-state index contributed by atoms with van der Waals surface area (Å²) in [6.45, 7) is 8.21. The predicted octanol–water partition coefficient (Wildman–Crippen LogP) is 3.12. The summed E-state index contributed by atoms with van der Waals surface area (Å²) in [5, 5.41) is 5.63. The standard InChI is InChI=1S/C14H20N2O/c1-4-10-15-14(17)16-13-11(5-2)8-7-9-12(13)6-3/h4,7-9H,1,5-6,10H2,2-3H3,(H2,15,16,17). The van der Waals surface area contributed by atoms with E-state index in [1.54, 1.807) is 6.08 Å². The van der Waals surface area contributed by atoms with Gasteiger partial charge in [-0.3, -0.25) is 0 Å². The number of urea groups is 1. The van der Waals surface area contributed by atoms with Gasteiger partial charge in [0.25, 0.3) is 0 Å². The van der Waals surface area contributed by atoms with E-state index in [1.165, 1.54) is 0 Å². The number of carbonyl (C=O) groups excluding carboxylic acids is 1. The Labute approximate surface area is 103 Å². The zero-order chi connectivity index (χ0) is 12.7. The molecule has 0 atom stereocenters. The number of amides is 2. The minimum absolute atomic E-state index is 0.180. The van der Waals surface area contributed by atoms with Crippen molar-refractivity contribution in [2.45, 2.75) is 26.7 Å². The van der Waals surface area contributed by atoms with E-state index in [2.05, 4.69) is 31.1 Å². The van der Waals surface area contributed by atoms with E-state index in [0.717, 1.165) is 29.7 Å². The number of para-hydroxylation sites is 1. The molecular weight excluding hydrogens is 212 g/mol. The first kappa shape index (κ1) is 13.3. The third-order valence-electron chi connectivity index (χ3n) is 2.64. The van der Waals surface area contributed by atoms with Crippen LogP contribution >= 0.6 is 0 Å². The number of anilines is 1. The second-order valence-corrected chi connectivity index (χ2v) is 3.78. The van der Waals surface area contributed by atoms with Crippen LogP contribution in [0.15, 0.2) is 30.9 Å². The molecule has 0 radical (unpaired) electrons. The summed E-state index contributed by atoms with van der Waals surface area (Å²) < 4.78 is 0. The first-order valence-corrected chi connectivity index (χ1v) is 5.99. The number of benzene rings is 1. The third kappa shape index (κ3) is 3.63. The number of carbonyl (C=O) groups is 1. The maximum absolute atomic E-state index is 11.6. The van der Waals surface area contributed by atoms with Gasteiger partial charge in [0.15, 0.2) is 0 Å². The summed E-state index contributed by atoms with van der Waals surface area (Å²) in [7, 11) is 0. The molecule has 17 heavy (non-hydrogen) atoms. The van der Waals surface area contributed by atoms with Crippen molar-refractivity contribution in [1.82, 2.24) is 5.32 Å². The molecular formula is C14H20N2O. The van der Waals surface area contributed by atoms with Gasteiger partial charge in [-0.2, -0.15) is 0 Å². The zero-order valence-corrected chi connectivity index (χ0v) is 10.5. The van der Waals surface area contributed by atoms with Crippen LogP contribution in [0.4, 0.5) is 10.5 Å². The summed E-state index contributed by atoms with van der Waals surface area (Å²) in [5.41, 5.74) is 3.27. The lowest BCUT2D eigenvalue weighted by atomic mass is 10.0. The van der Waals surface area contributed by atoms with Gasteiger partial charge < -0.3 is 10.6 Å². The Morgan fingerprint density at radius 2 is 1.88 bits per heavy atom. The van der Waals surface area contributed by atoms with Crippen molar-refractivity contribution in [2.24, 2.45) is 0 Å². The molecule has 0 aromatic heterocycles. The molecule has 0 heterocycles. The maximum atomic E-state index is 11.6. The third-order valence-corrected chi connectivity index (χ3v) is 2.64. The lowest BCUT2D eigenvalue weighted by Crippen LogP contribution is -2.29. The smallest absolute Gasteiger partial charge is 0.319 e. The zero-order valence-electron chi connectivity index (χ0n) is 10.5. The minimum atomic E-state index is -0.180. The molecule has 3 nitrogen and oxygen atoms in total. The number of aryl methyl sites for hydroxylation is 2. The highest BCUT2D eigenvalue weighted by Gasteiger charge is 2.08. The van der Waals surface area contributed by atoms with Crippen molar-refractivity contribution in [2.75, 3.05) is 11.9 Å². The van der Waals surface area contributed by atoms with Crippen LogP contribution < -0.4 is 10.6 Å². The van der Waals surface area contributed by atoms with Crippen LogP contribution in [0.3, 0.4) is 0 Å². The average Bonchev–Trinajstić information content (AvgIpc) is 2.36. The molecule has 0 spiro atoms. The summed E-state index contributed by atoms with van der Waals surface area (Å²) in [6, 6.07) is 5.94. The van der Waals surface area contributed by atoms with Gasteiger partial charge in [-0.15, -0.1) is 6.58 Å². The topological polar surface area (TPSA) is 41.1 Å². The van der Waals surface area contributed by atoms with Gasteiger partial charge in [0, 0.05) is 12.2 Å². The summed E-state index contributed by atoms with van der Waals surface area (Å²) in [6.07, 6.45) is 3.47. The molecule has 0 saturated carbocycles. The lowest BCUT2D eigenvalue weighted by molar-refractivity contribution is 0.253. The summed E-state index contributed by atoms with van der Waals surface area (Å²) in [5.74, 6) is 0. The Morgan fingerprint density at radius 1 is 1.29 bits per heavy atom. The molecule has 92 valence electrons. The van der Waals surface area contributed by atoms with Gasteiger partial charge in [0.1, 0.15) is 0 Å². The Hall–Kier alpha value is -1.77. The van der Waals surface area contributed by atoms with Gasteiger partial charge >= 0.3 is 6.03 Å². The molecule has 1 aromatic carbocycles. The Bertz CT molecular complexity index is 377. The fraction of sp³-hybridized carbons (Fsp3) is 0.357. The van der Waals surface area contributed by atoms with E-state index in [0.29, 0.717) is 6.54 Å².